The topological polar surface area (TPSA) is 108 Å². The minimum atomic E-state index is -1.40. The second-order valence-electron chi connectivity index (χ2n) is 4.70. The van der Waals surface area contributed by atoms with Crippen molar-refractivity contribution in [1.29, 1.82) is 0 Å². The lowest BCUT2D eigenvalue weighted by Gasteiger charge is -2.12. The van der Waals surface area contributed by atoms with E-state index in [1.165, 1.54) is 7.11 Å². The molecule has 0 spiro atoms. The minimum Gasteiger partial charge on any atom is -0.493 e. The quantitative estimate of drug-likeness (QED) is 0.424. The largest absolute Gasteiger partial charge is 0.493 e. The van der Waals surface area contributed by atoms with E-state index in [-0.39, 0.29) is 24.2 Å². The first kappa shape index (κ1) is 17.7. The number of ether oxygens (including phenoxy) is 3. The van der Waals surface area contributed by atoms with Crippen LogP contribution in [0.3, 0.4) is 0 Å². The van der Waals surface area contributed by atoms with Crippen LogP contribution in [-0.2, 0) is 4.74 Å². The maximum absolute atomic E-state index is 11.1. The molecule has 0 heterocycles. The molecule has 0 unspecified atom stereocenters. The normalized spacial score (nSPS) is 10.5. The summed E-state index contributed by atoms with van der Waals surface area (Å²) in [5.74, 6) is -1.14. The van der Waals surface area contributed by atoms with Crippen molar-refractivity contribution in [2.45, 2.75) is 26.4 Å². The van der Waals surface area contributed by atoms with Gasteiger partial charge in [0.05, 0.1) is 37.4 Å². The van der Waals surface area contributed by atoms with Gasteiger partial charge in [-0.3, -0.25) is 10.1 Å². The fraction of sp³-hybridized carbons (Fsp3) is 0.500. The number of carboxylic acid groups (broad SMARTS) is 1. The summed E-state index contributed by atoms with van der Waals surface area (Å²) in [7, 11) is 1.33. The van der Waals surface area contributed by atoms with E-state index in [9.17, 15) is 14.9 Å². The van der Waals surface area contributed by atoms with Gasteiger partial charge in [0.2, 0.25) is 0 Å². The summed E-state index contributed by atoms with van der Waals surface area (Å²) < 4.78 is 15.8. The van der Waals surface area contributed by atoms with E-state index >= 15 is 0 Å². The van der Waals surface area contributed by atoms with Gasteiger partial charge in [-0.2, -0.15) is 0 Å². The van der Waals surface area contributed by atoms with Crippen LogP contribution in [0, 0.1) is 10.1 Å². The Kier molecular flexibility index (Phi) is 6.58. The van der Waals surface area contributed by atoms with Crippen molar-refractivity contribution in [3.05, 3.63) is 27.8 Å². The Labute approximate surface area is 127 Å². The Morgan fingerprint density at radius 1 is 1.32 bits per heavy atom. The van der Waals surface area contributed by atoms with E-state index in [4.69, 9.17) is 19.3 Å². The Morgan fingerprint density at radius 2 is 2.00 bits per heavy atom. The van der Waals surface area contributed by atoms with Crippen LogP contribution in [0.15, 0.2) is 12.1 Å². The SMILES string of the molecule is COc1cc(C(=O)O)c([N+](=O)[O-])cc1OCCCOC(C)C. The number of aromatic carboxylic acids is 1. The average molecular weight is 313 g/mol. The van der Waals surface area contributed by atoms with Crippen LogP contribution in [0.2, 0.25) is 0 Å². The zero-order chi connectivity index (χ0) is 16.7. The fourth-order valence-electron chi connectivity index (χ4n) is 1.70. The van der Waals surface area contributed by atoms with Crippen molar-refractivity contribution in [1.82, 2.24) is 0 Å². The van der Waals surface area contributed by atoms with Crippen LogP contribution in [-0.4, -0.2) is 42.4 Å². The van der Waals surface area contributed by atoms with Crippen molar-refractivity contribution in [2.75, 3.05) is 20.3 Å². The van der Waals surface area contributed by atoms with Gasteiger partial charge in [-0.05, 0) is 13.8 Å². The Bertz CT molecular complexity index is 542. The van der Waals surface area contributed by atoms with E-state index in [1.807, 2.05) is 13.8 Å². The first-order valence-corrected chi connectivity index (χ1v) is 6.71. The smallest absolute Gasteiger partial charge is 0.342 e. The van der Waals surface area contributed by atoms with E-state index < -0.39 is 22.1 Å². The molecule has 0 aliphatic carbocycles. The summed E-state index contributed by atoms with van der Waals surface area (Å²) in [4.78, 5) is 21.2. The zero-order valence-electron chi connectivity index (χ0n) is 12.7. The molecule has 0 aromatic heterocycles. The molecule has 0 amide bonds. The summed E-state index contributed by atoms with van der Waals surface area (Å²) in [5.41, 5.74) is -0.987. The van der Waals surface area contributed by atoms with Gasteiger partial charge in [0, 0.05) is 12.5 Å². The van der Waals surface area contributed by atoms with Crippen LogP contribution in [0.4, 0.5) is 5.69 Å². The standard InChI is InChI=1S/C14H19NO7/c1-9(2)21-5-4-6-22-13-8-11(15(18)19)10(14(16)17)7-12(13)20-3/h7-9H,4-6H2,1-3H3,(H,16,17). The predicted octanol–water partition coefficient (Wildman–Crippen LogP) is 2.50. The molecule has 0 bridgehead atoms. The molecule has 0 radical (unpaired) electrons. The number of benzene rings is 1. The third kappa shape index (κ3) is 4.88. The maximum atomic E-state index is 11.1. The molecule has 0 fully saturated rings. The molecule has 22 heavy (non-hydrogen) atoms. The highest BCUT2D eigenvalue weighted by Crippen LogP contribution is 2.34. The van der Waals surface area contributed by atoms with Crippen molar-refractivity contribution in [3.8, 4) is 11.5 Å². The highest BCUT2D eigenvalue weighted by molar-refractivity contribution is 5.93. The lowest BCUT2D eigenvalue weighted by molar-refractivity contribution is -0.385. The average Bonchev–Trinajstić information content (AvgIpc) is 2.45. The molecule has 0 atom stereocenters. The van der Waals surface area contributed by atoms with Gasteiger partial charge >= 0.3 is 5.97 Å². The van der Waals surface area contributed by atoms with Crippen LogP contribution in [0.25, 0.3) is 0 Å². The number of methoxy groups -OCH3 is 1. The molecule has 0 saturated heterocycles. The van der Waals surface area contributed by atoms with Gasteiger partial charge < -0.3 is 19.3 Å². The van der Waals surface area contributed by atoms with Crippen molar-refractivity contribution in [2.24, 2.45) is 0 Å². The fourth-order valence-corrected chi connectivity index (χ4v) is 1.70. The number of nitro benzene ring substituents is 1. The number of rotatable bonds is 9. The van der Waals surface area contributed by atoms with Gasteiger partial charge in [0.25, 0.3) is 5.69 Å². The van der Waals surface area contributed by atoms with Crippen LogP contribution in [0.1, 0.15) is 30.6 Å². The summed E-state index contributed by atoms with van der Waals surface area (Å²) in [6, 6.07) is 2.14. The van der Waals surface area contributed by atoms with Crippen LogP contribution >= 0.6 is 0 Å². The molecular weight excluding hydrogens is 294 g/mol. The van der Waals surface area contributed by atoms with Crippen molar-refractivity contribution >= 4 is 11.7 Å². The number of hydrogen-bond donors (Lipinski definition) is 1. The zero-order valence-corrected chi connectivity index (χ0v) is 12.7. The third-order valence-corrected chi connectivity index (χ3v) is 2.71. The number of carboxylic acids is 1. The van der Waals surface area contributed by atoms with Crippen molar-refractivity contribution < 1.29 is 29.0 Å². The first-order chi connectivity index (χ1) is 10.4. The lowest BCUT2D eigenvalue weighted by atomic mass is 10.1. The van der Waals surface area contributed by atoms with Gasteiger partial charge in [0.1, 0.15) is 5.56 Å². The molecule has 1 N–H and O–H groups in total. The molecule has 8 nitrogen and oxygen atoms in total. The summed E-state index contributed by atoms with van der Waals surface area (Å²) in [5, 5.41) is 20.0. The molecule has 0 aliphatic heterocycles. The van der Waals surface area contributed by atoms with E-state index in [0.29, 0.717) is 13.0 Å². The summed E-state index contributed by atoms with van der Waals surface area (Å²) in [6.07, 6.45) is 0.709. The van der Waals surface area contributed by atoms with Crippen LogP contribution in [0.5, 0.6) is 11.5 Å². The van der Waals surface area contributed by atoms with Crippen molar-refractivity contribution in [3.63, 3.8) is 0 Å². The van der Waals surface area contributed by atoms with Gasteiger partial charge in [-0.25, -0.2) is 4.79 Å². The number of carbonyl (C=O) groups is 1. The van der Waals surface area contributed by atoms with E-state index in [1.54, 1.807) is 0 Å². The molecule has 0 aliphatic rings. The molecule has 1 aromatic carbocycles. The second kappa shape index (κ2) is 8.18. The third-order valence-electron chi connectivity index (χ3n) is 2.71. The molecule has 1 rings (SSSR count). The molecule has 1 aromatic rings. The molecular formula is C14H19NO7. The van der Waals surface area contributed by atoms with Gasteiger partial charge in [-0.15, -0.1) is 0 Å². The monoisotopic (exact) mass is 313 g/mol. The predicted molar refractivity (Wildman–Crippen MR) is 77.8 cm³/mol. The molecule has 122 valence electrons. The van der Waals surface area contributed by atoms with E-state index in [0.717, 1.165) is 12.1 Å². The lowest BCUT2D eigenvalue weighted by Crippen LogP contribution is -2.09. The number of nitrogens with zero attached hydrogens (tertiary/aromatic N) is 1. The Hall–Kier alpha value is -2.35. The highest BCUT2D eigenvalue weighted by Gasteiger charge is 2.24. The summed E-state index contributed by atoms with van der Waals surface area (Å²) in [6.45, 7) is 4.59. The second-order valence-corrected chi connectivity index (χ2v) is 4.70. The number of hydrogen-bond acceptors (Lipinski definition) is 6. The first-order valence-electron chi connectivity index (χ1n) is 6.71. The van der Waals surface area contributed by atoms with Crippen LogP contribution < -0.4 is 9.47 Å². The maximum Gasteiger partial charge on any atom is 0.342 e. The summed E-state index contributed by atoms with van der Waals surface area (Å²) >= 11 is 0. The minimum absolute atomic E-state index is 0.116. The highest BCUT2D eigenvalue weighted by atomic mass is 16.6. The van der Waals surface area contributed by atoms with Gasteiger partial charge in [0.15, 0.2) is 11.5 Å². The molecule has 0 saturated carbocycles. The number of nitro groups is 1. The Balaban J connectivity index is 2.87. The Morgan fingerprint density at radius 3 is 2.50 bits per heavy atom. The van der Waals surface area contributed by atoms with Gasteiger partial charge in [-0.1, -0.05) is 0 Å². The molecule has 8 heteroatoms. The van der Waals surface area contributed by atoms with E-state index in [2.05, 4.69) is 0 Å².